The summed E-state index contributed by atoms with van der Waals surface area (Å²) in [5.74, 6) is 1.12. The summed E-state index contributed by atoms with van der Waals surface area (Å²) in [6.45, 7) is 4.42. The molecule has 1 aromatic carbocycles. The van der Waals surface area contributed by atoms with Gasteiger partial charge in [-0.15, -0.1) is 0 Å². The maximum Gasteiger partial charge on any atom is 0.251 e. The molecule has 1 amide bonds. The number of hydrogen-bond donors (Lipinski definition) is 2. The van der Waals surface area contributed by atoms with Gasteiger partial charge in [0.2, 0.25) is 5.89 Å². The van der Waals surface area contributed by atoms with Crippen LogP contribution in [0.5, 0.6) is 0 Å². The molecule has 2 N–H and O–H groups in total. The number of rotatable bonds is 3. The van der Waals surface area contributed by atoms with Crippen molar-refractivity contribution in [2.45, 2.75) is 26.3 Å². The topological polar surface area (TPSA) is 80.0 Å². The van der Waals surface area contributed by atoms with Gasteiger partial charge in [-0.3, -0.25) is 4.79 Å². The lowest BCUT2D eigenvalue weighted by Crippen LogP contribution is -2.31. The molecule has 0 aliphatic carbocycles. The normalized spacial score (nSPS) is 15.4. The van der Waals surface area contributed by atoms with Gasteiger partial charge < -0.3 is 15.2 Å². The van der Waals surface area contributed by atoms with Crippen LogP contribution >= 0.6 is 0 Å². The van der Waals surface area contributed by atoms with Crippen LogP contribution < -0.4 is 10.6 Å². The van der Waals surface area contributed by atoms with Gasteiger partial charge in [-0.1, -0.05) is 11.2 Å². The third-order valence-corrected chi connectivity index (χ3v) is 3.33. The van der Waals surface area contributed by atoms with E-state index in [1.807, 2.05) is 25.1 Å². The van der Waals surface area contributed by atoms with Gasteiger partial charge in [0.05, 0.1) is 0 Å². The molecule has 1 atom stereocenters. The van der Waals surface area contributed by atoms with Gasteiger partial charge in [-0.25, -0.2) is 0 Å². The molecule has 0 saturated carbocycles. The van der Waals surface area contributed by atoms with E-state index < -0.39 is 0 Å². The molecule has 0 bridgehead atoms. The third kappa shape index (κ3) is 2.36. The minimum absolute atomic E-state index is 0.0174. The molecule has 2 aromatic rings. The molecule has 0 spiro atoms. The first kappa shape index (κ1) is 12.7. The zero-order chi connectivity index (χ0) is 14.1. The van der Waals surface area contributed by atoms with Crippen LogP contribution in [0.1, 0.15) is 40.6 Å². The second-order valence-electron chi connectivity index (χ2n) is 4.92. The summed E-state index contributed by atoms with van der Waals surface area (Å²) in [5, 5.41) is 9.88. The summed E-state index contributed by atoms with van der Waals surface area (Å²) in [6.07, 6.45) is 0.875. The van der Waals surface area contributed by atoms with Crippen LogP contribution in [0.25, 0.3) is 0 Å². The highest BCUT2D eigenvalue weighted by Gasteiger charge is 2.18. The van der Waals surface area contributed by atoms with Crippen molar-refractivity contribution < 1.29 is 9.32 Å². The zero-order valence-electron chi connectivity index (χ0n) is 11.4. The van der Waals surface area contributed by atoms with Crippen molar-refractivity contribution >= 4 is 11.6 Å². The summed E-state index contributed by atoms with van der Waals surface area (Å²) < 4.78 is 5.13. The van der Waals surface area contributed by atoms with Gasteiger partial charge in [-0.2, -0.15) is 4.98 Å². The lowest BCUT2D eigenvalue weighted by atomic mass is 9.99. The molecule has 2 heterocycles. The van der Waals surface area contributed by atoms with E-state index in [2.05, 4.69) is 20.8 Å². The number of aryl methyl sites for hydroxylation is 1. The van der Waals surface area contributed by atoms with Crippen molar-refractivity contribution in [1.82, 2.24) is 15.5 Å². The highest BCUT2D eigenvalue weighted by atomic mass is 16.5. The Bertz CT molecular complexity index is 650. The minimum Gasteiger partial charge on any atom is -0.374 e. The SMILES string of the molecule is Cc1noc(C(C)Nc2ccc3c(c2)C(=O)NCC3)n1. The van der Waals surface area contributed by atoms with Gasteiger partial charge in [0.25, 0.3) is 5.91 Å². The number of amides is 1. The largest absolute Gasteiger partial charge is 0.374 e. The smallest absolute Gasteiger partial charge is 0.251 e. The van der Waals surface area contributed by atoms with Gasteiger partial charge in [0, 0.05) is 17.8 Å². The molecule has 6 heteroatoms. The zero-order valence-corrected chi connectivity index (χ0v) is 11.4. The summed E-state index contributed by atoms with van der Waals surface area (Å²) in [4.78, 5) is 16.0. The van der Waals surface area contributed by atoms with E-state index in [1.54, 1.807) is 6.92 Å². The van der Waals surface area contributed by atoms with E-state index in [9.17, 15) is 4.79 Å². The summed E-state index contributed by atoms with van der Waals surface area (Å²) >= 11 is 0. The fraction of sp³-hybridized carbons (Fsp3) is 0.357. The predicted molar refractivity (Wildman–Crippen MR) is 73.6 cm³/mol. The second kappa shape index (κ2) is 4.96. The first-order valence-corrected chi connectivity index (χ1v) is 6.61. The van der Waals surface area contributed by atoms with Crippen molar-refractivity contribution in [2.24, 2.45) is 0 Å². The van der Waals surface area contributed by atoms with Crippen molar-refractivity contribution in [3.63, 3.8) is 0 Å². The minimum atomic E-state index is -0.110. The predicted octanol–water partition coefficient (Wildman–Crippen LogP) is 1.84. The van der Waals surface area contributed by atoms with E-state index in [1.165, 1.54) is 0 Å². The Morgan fingerprint density at radius 3 is 3.05 bits per heavy atom. The van der Waals surface area contributed by atoms with Gasteiger partial charge in [-0.05, 0) is 38.0 Å². The van der Waals surface area contributed by atoms with Crippen LogP contribution in [-0.2, 0) is 6.42 Å². The number of fused-ring (bicyclic) bond motifs is 1. The summed E-state index contributed by atoms with van der Waals surface area (Å²) in [7, 11) is 0. The Kier molecular flexibility index (Phi) is 3.14. The lowest BCUT2D eigenvalue weighted by Gasteiger charge is -2.18. The number of carbonyl (C=O) groups excluding carboxylic acids is 1. The van der Waals surface area contributed by atoms with Crippen LogP contribution in [0.15, 0.2) is 22.7 Å². The number of benzene rings is 1. The molecule has 0 saturated heterocycles. The molecule has 1 unspecified atom stereocenters. The van der Waals surface area contributed by atoms with E-state index in [-0.39, 0.29) is 11.9 Å². The number of carbonyl (C=O) groups is 1. The lowest BCUT2D eigenvalue weighted by molar-refractivity contribution is 0.0946. The van der Waals surface area contributed by atoms with Crippen LogP contribution in [-0.4, -0.2) is 22.6 Å². The monoisotopic (exact) mass is 272 g/mol. The number of hydrogen-bond acceptors (Lipinski definition) is 5. The molecule has 104 valence electrons. The highest BCUT2D eigenvalue weighted by Crippen LogP contribution is 2.22. The molecule has 3 rings (SSSR count). The molecule has 1 aliphatic rings. The van der Waals surface area contributed by atoms with Gasteiger partial charge in [0.15, 0.2) is 5.82 Å². The Balaban J connectivity index is 1.81. The fourth-order valence-electron chi connectivity index (χ4n) is 2.30. The van der Waals surface area contributed by atoms with Crippen molar-refractivity contribution in [3.05, 3.63) is 41.0 Å². The number of nitrogens with zero attached hydrogens (tertiary/aromatic N) is 2. The fourth-order valence-corrected chi connectivity index (χ4v) is 2.30. The van der Waals surface area contributed by atoms with Crippen LogP contribution in [0.3, 0.4) is 0 Å². The van der Waals surface area contributed by atoms with Crippen LogP contribution in [0.4, 0.5) is 5.69 Å². The average Bonchev–Trinajstić information content (AvgIpc) is 2.86. The van der Waals surface area contributed by atoms with E-state index >= 15 is 0 Å². The summed E-state index contributed by atoms with van der Waals surface area (Å²) in [5.41, 5.74) is 2.68. The highest BCUT2D eigenvalue weighted by molar-refractivity contribution is 5.97. The van der Waals surface area contributed by atoms with E-state index in [0.717, 1.165) is 23.2 Å². The van der Waals surface area contributed by atoms with Crippen LogP contribution in [0.2, 0.25) is 0 Å². The molecule has 6 nitrogen and oxygen atoms in total. The molecule has 0 fully saturated rings. The maximum absolute atomic E-state index is 11.8. The maximum atomic E-state index is 11.8. The third-order valence-electron chi connectivity index (χ3n) is 3.33. The first-order valence-electron chi connectivity index (χ1n) is 6.61. The quantitative estimate of drug-likeness (QED) is 0.891. The Hall–Kier alpha value is -2.37. The van der Waals surface area contributed by atoms with E-state index in [4.69, 9.17) is 4.52 Å². The molecular weight excluding hydrogens is 256 g/mol. The molecule has 1 aliphatic heterocycles. The number of nitrogens with one attached hydrogen (secondary N) is 2. The van der Waals surface area contributed by atoms with Crippen molar-refractivity contribution in [3.8, 4) is 0 Å². The number of anilines is 1. The molecule has 20 heavy (non-hydrogen) atoms. The molecule has 0 radical (unpaired) electrons. The van der Waals surface area contributed by atoms with Crippen LogP contribution in [0, 0.1) is 6.92 Å². The standard InChI is InChI=1S/C14H16N4O2/c1-8(14-17-9(2)18-20-14)16-11-4-3-10-5-6-15-13(19)12(10)7-11/h3-4,7-8,16H,5-6H2,1-2H3,(H,15,19). The second-order valence-corrected chi connectivity index (χ2v) is 4.92. The number of aromatic nitrogens is 2. The average molecular weight is 272 g/mol. The van der Waals surface area contributed by atoms with Crippen molar-refractivity contribution in [2.75, 3.05) is 11.9 Å². The Morgan fingerprint density at radius 2 is 2.30 bits per heavy atom. The van der Waals surface area contributed by atoms with E-state index in [0.29, 0.717) is 18.3 Å². The van der Waals surface area contributed by atoms with Gasteiger partial charge >= 0.3 is 0 Å². The van der Waals surface area contributed by atoms with Gasteiger partial charge in [0.1, 0.15) is 6.04 Å². The first-order chi connectivity index (χ1) is 9.63. The molecular formula is C14H16N4O2. The van der Waals surface area contributed by atoms with Crippen molar-refractivity contribution in [1.29, 1.82) is 0 Å². The Morgan fingerprint density at radius 1 is 1.45 bits per heavy atom. The molecule has 1 aromatic heterocycles. The summed E-state index contributed by atoms with van der Waals surface area (Å²) in [6, 6.07) is 5.71. The Labute approximate surface area is 116 Å².